The van der Waals surface area contributed by atoms with Gasteiger partial charge in [-0.05, 0) is 61.9 Å². The average molecular weight is 432 g/mol. The van der Waals surface area contributed by atoms with Gasteiger partial charge in [0.1, 0.15) is 29.1 Å². The zero-order valence-electron chi connectivity index (χ0n) is 17.9. The highest BCUT2D eigenvalue weighted by molar-refractivity contribution is 6.46. The van der Waals surface area contributed by atoms with Crippen molar-refractivity contribution in [3.8, 4) is 5.75 Å². The molecular weight excluding hydrogens is 408 g/mol. The Kier molecular flexibility index (Phi) is 6.07. The van der Waals surface area contributed by atoms with Crippen molar-refractivity contribution in [2.45, 2.75) is 32.9 Å². The number of furan rings is 1. The molecule has 1 atom stereocenters. The summed E-state index contributed by atoms with van der Waals surface area (Å²) in [6, 6.07) is 14.8. The number of carbonyl (C=O) groups is 2. The lowest BCUT2D eigenvalue weighted by atomic mass is 9.99. The molecule has 0 bridgehead atoms. The molecule has 1 amide bonds. The van der Waals surface area contributed by atoms with Crippen LogP contribution in [0.2, 0.25) is 0 Å². The lowest BCUT2D eigenvalue weighted by molar-refractivity contribution is -0.140. The molecule has 7 heteroatoms. The Balaban J connectivity index is 1.76. The van der Waals surface area contributed by atoms with Crippen molar-refractivity contribution in [3.63, 3.8) is 0 Å². The Morgan fingerprint density at radius 2 is 1.91 bits per heavy atom. The van der Waals surface area contributed by atoms with E-state index in [4.69, 9.17) is 9.15 Å². The third-order valence-corrected chi connectivity index (χ3v) is 5.23. The molecule has 3 heterocycles. The zero-order chi connectivity index (χ0) is 22.7. The molecule has 1 fully saturated rings. The van der Waals surface area contributed by atoms with Gasteiger partial charge in [0.25, 0.3) is 11.7 Å². The minimum absolute atomic E-state index is 0.0116. The molecule has 0 spiro atoms. The van der Waals surface area contributed by atoms with Crippen LogP contribution in [0.1, 0.15) is 42.2 Å². The SMILES string of the molecule is CCCOc1ccc(/C(O)=C2/C(=O)C(=O)N(Cc3ccccn3)C2c2ccc(C)o2)cc1. The summed E-state index contributed by atoms with van der Waals surface area (Å²) in [6.45, 7) is 4.49. The molecule has 0 saturated carbocycles. The maximum atomic E-state index is 13.0. The highest BCUT2D eigenvalue weighted by Crippen LogP contribution is 2.40. The number of aromatic nitrogens is 1. The number of benzene rings is 1. The molecule has 1 unspecified atom stereocenters. The van der Waals surface area contributed by atoms with Gasteiger partial charge in [0, 0.05) is 11.8 Å². The molecule has 1 aromatic carbocycles. The summed E-state index contributed by atoms with van der Waals surface area (Å²) < 4.78 is 11.4. The normalized spacial score (nSPS) is 17.7. The number of hydrogen-bond acceptors (Lipinski definition) is 6. The van der Waals surface area contributed by atoms with Crippen LogP contribution in [0.25, 0.3) is 5.76 Å². The number of nitrogens with zero attached hydrogens (tertiary/aromatic N) is 2. The second-order valence-corrected chi connectivity index (χ2v) is 7.57. The van der Waals surface area contributed by atoms with Crippen molar-refractivity contribution in [1.29, 1.82) is 0 Å². The maximum Gasteiger partial charge on any atom is 0.296 e. The van der Waals surface area contributed by atoms with E-state index < -0.39 is 17.7 Å². The maximum absolute atomic E-state index is 13.0. The Bertz CT molecular complexity index is 1150. The predicted molar refractivity (Wildman–Crippen MR) is 118 cm³/mol. The van der Waals surface area contributed by atoms with E-state index in [9.17, 15) is 14.7 Å². The van der Waals surface area contributed by atoms with Crippen LogP contribution in [0.15, 0.2) is 70.8 Å². The third kappa shape index (κ3) is 4.14. The fraction of sp³-hybridized carbons (Fsp3) is 0.240. The average Bonchev–Trinajstić information content (AvgIpc) is 3.34. The molecule has 2 aromatic heterocycles. The van der Waals surface area contributed by atoms with Gasteiger partial charge in [0.2, 0.25) is 0 Å². The first-order chi connectivity index (χ1) is 15.5. The van der Waals surface area contributed by atoms with Gasteiger partial charge in [-0.25, -0.2) is 0 Å². The number of ketones is 1. The number of rotatable bonds is 7. The molecule has 164 valence electrons. The number of aliphatic hydroxyl groups is 1. The van der Waals surface area contributed by atoms with E-state index in [1.807, 2.05) is 13.0 Å². The van der Waals surface area contributed by atoms with Crippen molar-refractivity contribution >= 4 is 17.4 Å². The number of hydrogen-bond donors (Lipinski definition) is 1. The van der Waals surface area contributed by atoms with E-state index in [2.05, 4.69) is 4.98 Å². The molecule has 4 rings (SSSR count). The van der Waals surface area contributed by atoms with Crippen molar-refractivity contribution in [1.82, 2.24) is 9.88 Å². The first-order valence-electron chi connectivity index (χ1n) is 10.5. The van der Waals surface area contributed by atoms with Crippen molar-refractivity contribution in [3.05, 3.63) is 89.1 Å². The molecule has 0 aliphatic carbocycles. The number of aryl methyl sites for hydroxylation is 1. The second-order valence-electron chi connectivity index (χ2n) is 7.57. The van der Waals surface area contributed by atoms with E-state index >= 15 is 0 Å². The lowest BCUT2D eigenvalue weighted by Crippen LogP contribution is -2.29. The van der Waals surface area contributed by atoms with Crippen LogP contribution in [0, 0.1) is 6.92 Å². The quantitative estimate of drug-likeness (QED) is 0.338. The molecule has 32 heavy (non-hydrogen) atoms. The number of carbonyl (C=O) groups excluding carboxylic acids is 2. The Labute approximate surface area is 186 Å². The molecule has 1 saturated heterocycles. The Morgan fingerprint density at radius 3 is 2.53 bits per heavy atom. The second kappa shape index (κ2) is 9.09. The number of pyridine rings is 1. The molecule has 7 nitrogen and oxygen atoms in total. The largest absolute Gasteiger partial charge is 0.507 e. The van der Waals surface area contributed by atoms with E-state index in [1.165, 1.54) is 4.90 Å². The summed E-state index contributed by atoms with van der Waals surface area (Å²) >= 11 is 0. The van der Waals surface area contributed by atoms with Gasteiger partial charge in [-0.3, -0.25) is 14.6 Å². The summed E-state index contributed by atoms with van der Waals surface area (Å²) in [7, 11) is 0. The third-order valence-electron chi connectivity index (χ3n) is 5.23. The van der Waals surface area contributed by atoms with E-state index in [1.54, 1.807) is 61.7 Å². The number of amides is 1. The minimum atomic E-state index is -0.860. The van der Waals surface area contributed by atoms with Crippen molar-refractivity contribution < 1.29 is 23.8 Å². The number of likely N-dealkylation sites (tertiary alicyclic amines) is 1. The summed E-state index contributed by atoms with van der Waals surface area (Å²) in [4.78, 5) is 31.6. The highest BCUT2D eigenvalue weighted by Gasteiger charge is 2.47. The van der Waals surface area contributed by atoms with E-state index in [0.717, 1.165) is 6.42 Å². The minimum Gasteiger partial charge on any atom is -0.507 e. The Hall–Kier alpha value is -3.87. The van der Waals surface area contributed by atoms with Crippen LogP contribution in [0.3, 0.4) is 0 Å². The molecule has 1 aliphatic rings. The zero-order valence-corrected chi connectivity index (χ0v) is 17.9. The van der Waals surface area contributed by atoms with Crippen LogP contribution in [0.5, 0.6) is 5.75 Å². The van der Waals surface area contributed by atoms with Gasteiger partial charge in [-0.2, -0.15) is 0 Å². The van der Waals surface area contributed by atoms with E-state index in [-0.39, 0.29) is 17.9 Å². The molecule has 0 radical (unpaired) electrons. The van der Waals surface area contributed by atoms with Crippen LogP contribution in [0.4, 0.5) is 0 Å². The lowest BCUT2D eigenvalue weighted by Gasteiger charge is -2.23. The summed E-state index contributed by atoms with van der Waals surface area (Å²) in [5, 5.41) is 11.1. The van der Waals surface area contributed by atoms with Gasteiger partial charge in [-0.1, -0.05) is 13.0 Å². The van der Waals surface area contributed by atoms with Crippen LogP contribution in [-0.2, 0) is 16.1 Å². The fourth-order valence-corrected chi connectivity index (χ4v) is 3.69. The van der Waals surface area contributed by atoms with Gasteiger partial charge in [-0.15, -0.1) is 0 Å². The van der Waals surface area contributed by atoms with E-state index in [0.29, 0.717) is 35.1 Å². The monoisotopic (exact) mass is 432 g/mol. The molecule has 1 N–H and O–H groups in total. The Morgan fingerprint density at radius 1 is 1.12 bits per heavy atom. The first-order valence-corrected chi connectivity index (χ1v) is 10.5. The standard InChI is InChI=1S/C25H24N2O5/c1-3-14-31-19-10-8-17(9-11-19)23(28)21-22(20-12-7-16(2)32-20)27(25(30)24(21)29)15-18-6-4-5-13-26-18/h4-13,22,28H,3,14-15H2,1-2H3/b23-21-. The highest BCUT2D eigenvalue weighted by atomic mass is 16.5. The number of aliphatic hydroxyl groups excluding tert-OH is 1. The van der Waals surface area contributed by atoms with Crippen LogP contribution < -0.4 is 4.74 Å². The van der Waals surface area contributed by atoms with Crippen molar-refractivity contribution in [2.24, 2.45) is 0 Å². The van der Waals surface area contributed by atoms with Gasteiger partial charge in [0.15, 0.2) is 0 Å². The first kappa shape index (κ1) is 21.4. The smallest absolute Gasteiger partial charge is 0.296 e. The van der Waals surface area contributed by atoms with Gasteiger partial charge in [0.05, 0.1) is 24.4 Å². The summed E-state index contributed by atoms with van der Waals surface area (Å²) in [5.41, 5.74) is 1.03. The van der Waals surface area contributed by atoms with Crippen molar-refractivity contribution in [2.75, 3.05) is 6.61 Å². The molecule has 3 aromatic rings. The fourth-order valence-electron chi connectivity index (χ4n) is 3.69. The summed E-state index contributed by atoms with van der Waals surface area (Å²) in [5.74, 6) is -0.0175. The molecule has 1 aliphatic heterocycles. The summed E-state index contributed by atoms with van der Waals surface area (Å²) in [6.07, 6.45) is 2.50. The van der Waals surface area contributed by atoms with Crippen LogP contribution in [-0.4, -0.2) is 33.3 Å². The number of ether oxygens (including phenoxy) is 1. The van der Waals surface area contributed by atoms with Gasteiger partial charge < -0.3 is 19.2 Å². The predicted octanol–water partition coefficient (Wildman–Crippen LogP) is 4.39. The topological polar surface area (TPSA) is 92.9 Å². The van der Waals surface area contributed by atoms with Gasteiger partial charge >= 0.3 is 0 Å². The number of Topliss-reactive ketones (excluding diaryl/α,β-unsaturated/α-hetero) is 1. The molecular formula is C25H24N2O5. The van der Waals surface area contributed by atoms with Crippen LogP contribution >= 0.6 is 0 Å².